The second-order valence-electron chi connectivity index (χ2n) is 5.38. The number of benzene rings is 2. The lowest BCUT2D eigenvalue weighted by Gasteiger charge is -2.00. The van der Waals surface area contributed by atoms with Crippen molar-refractivity contribution in [2.45, 2.75) is 0 Å². The predicted octanol–water partition coefficient (Wildman–Crippen LogP) is 2.67. The highest BCUT2D eigenvalue weighted by Crippen LogP contribution is 2.28. The maximum atomic E-state index is 11.6. The van der Waals surface area contributed by atoms with Crippen molar-refractivity contribution < 1.29 is 14.7 Å². The van der Waals surface area contributed by atoms with E-state index in [1.54, 1.807) is 54.0 Å². The Labute approximate surface area is 145 Å². The zero-order valence-corrected chi connectivity index (χ0v) is 13.9. The molecule has 0 aliphatic rings. The van der Waals surface area contributed by atoms with E-state index in [9.17, 15) is 9.59 Å². The molecule has 2 heterocycles. The molecule has 2 aromatic carbocycles. The van der Waals surface area contributed by atoms with Crippen molar-refractivity contribution in [3.8, 4) is 11.4 Å². The largest absolute Gasteiger partial charge is 0.478 e. The minimum Gasteiger partial charge on any atom is -0.478 e. The van der Waals surface area contributed by atoms with Gasteiger partial charge in [-0.1, -0.05) is 23.5 Å². The molecule has 0 aliphatic carbocycles. The van der Waals surface area contributed by atoms with Gasteiger partial charge in [0.1, 0.15) is 0 Å². The van der Waals surface area contributed by atoms with Crippen molar-refractivity contribution in [1.29, 1.82) is 0 Å². The summed E-state index contributed by atoms with van der Waals surface area (Å²) >= 11 is 1.38. The van der Waals surface area contributed by atoms with Gasteiger partial charge in [0.25, 0.3) is 5.91 Å². The number of hydrogen-bond donors (Lipinski definition) is 2. The molecule has 0 unspecified atom stereocenters. The molecule has 0 saturated carbocycles. The zero-order valence-electron chi connectivity index (χ0n) is 13.1. The van der Waals surface area contributed by atoms with Crippen LogP contribution in [0.3, 0.4) is 0 Å². The number of nitrogens with zero attached hydrogens (tertiary/aromatic N) is 3. The van der Waals surface area contributed by atoms with E-state index in [2.05, 4.69) is 15.4 Å². The molecule has 4 rings (SSSR count). The van der Waals surface area contributed by atoms with Gasteiger partial charge in [-0.3, -0.25) is 4.79 Å². The highest BCUT2D eigenvalue weighted by atomic mass is 32.1. The Hall–Kier alpha value is -3.26. The number of carboxylic acids is 1. The Morgan fingerprint density at radius 2 is 1.84 bits per heavy atom. The first-order chi connectivity index (χ1) is 12.1. The van der Waals surface area contributed by atoms with Crippen LogP contribution in [-0.2, 0) is 0 Å². The van der Waals surface area contributed by atoms with Crippen LogP contribution in [0.25, 0.3) is 26.6 Å². The molecular formula is C17H12N4O3S. The molecule has 0 atom stereocenters. The molecule has 7 nitrogen and oxygen atoms in total. The highest BCUT2D eigenvalue weighted by Gasteiger charge is 2.14. The molecule has 1 amide bonds. The molecule has 0 bridgehead atoms. The molecule has 0 fully saturated rings. The van der Waals surface area contributed by atoms with Gasteiger partial charge >= 0.3 is 5.97 Å². The topological polar surface area (TPSA) is 96.6 Å². The number of fused-ring (bicyclic) bond motifs is 3. The van der Waals surface area contributed by atoms with Crippen molar-refractivity contribution in [1.82, 2.24) is 19.9 Å². The lowest BCUT2D eigenvalue weighted by Crippen LogP contribution is -2.17. The third-order valence-corrected chi connectivity index (χ3v) is 4.84. The van der Waals surface area contributed by atoms with Crippen LogP contribution in [0.2, 0.25) is 0 Å². The Morgan fingerprint density at radius 1 is 1.12 bits per heavy atom. The van der Waals surface area contributed by atoms with Crippen LogP contribution >= 0.6 is 11.3 Å². The van der Waals surface area contributed by atoms with E-state index in [0.29, 0.717) is 16.3 Å². The lowest BCUT2D eigenvalue weighted by atomic mass is 10.1. The molecule has 0 radical (unpaired) electrons. The average molecular weight is 352 g/mol. The Bertz CT molecular complexity index is 1130. The maximum Gasteiger partial charge on any atom is 0.335 e. The van der Waals surface area contributed by atoms with Crippen LogP contribution in [0.15, 0.2) is 42.5 Å². The fourth-order valence-corrected chi connectivity index (χ4v) is 3.56. The van der Waals surface area contributed by atoms with E-state index < -0.39 is 5.97 Å². The summed E-state index contributed by atoms with van der Waals surface area (Å²) in [5.41, 5.74) is 2.42. The molecule has 2 aromatic heterocycles. The maximum absolute atomic E-state index is 11.6. The fourth-order valence-electron chi connectivity index (χ4n) is 2.56. The van der Waals surface area contributed by atoms with Crippen LogP contribution in [0, 0.1) is 0 Å². The second kappa shape index (κ2) is 5.67. The summed E-state index contributed by atoms with van der Waals surface area (Å²) < 4.78 is 2.52. The summed E-state index contributed by atoms with van der Waals surface area (Å²) in [5, 5.41) is 16.2. The summed E-state index contributed by atoms with van der Waals surface area (Å²) in [4.78, 5) is 27.9. The molecule has 0 saturated heterocycles. The van der Waals surface area contributed by atoms with Crippen molar-refractivity contribution >= 4 is 38.4 Å². The third-order valence-electron chi connectivity index (χ3n) is 3.85. The van der Waals surface area contributed by atoms with Crippen molar-refractivity contribution in [3.63, 3.8) is 0 Å². The number of thiazole rings is 1. The van der Waals surface area contributed by atoms with E-state index >= 15 is 0 Å². The average Bonchev–Trinajstić information content (AvgIpc) is 3.18. The lowest BCUT2D eigenvalue weighted by molar-refractivity contribution is 0.0696. The van der Waals surface area contributed by atoms with E-state index in [4.69, 9.17) is 5.11 Å². The normalized spacial score (nSPS) is 11.1. The van der Waals surface area contributed by atoms with Gasteiger partial charge in [0.2, 0.25) is 4.96 Å². The predicted molar refractivity (Wildman–Crippen MR) is 94.2 cm³/mol. The summed E-state index contributed by atoms with van der Waals surface area (Å²) in [6, 6.07) is 12.0. The van der Waals surface area contributed by atoms with Gasteiger partial charge in [-0.05, 0) is 30.3 Å². The van der Waals surface area contributed by atoms with Gasteiger partial charge < -0.3 is 10.4 Å². The summed E-state index contributed by atoms with van der Waals surface area (Å²) in [6.07, 6.45) is 0. The molecule has 8 heteroatoms. The van der Waals surface area contributed by atoms with Crippen molar-refractivity contribution in [2.75, 3.05) is 7.05 Å². The minimum atomic E-state index is -0.960. The van der Waals surface area contributed by atoms with E-state index in [0.717, 1.165) is 15.8 Å². The fraction of sp³-hybridized carbons (Fsp3) is 0.0588. The van der Waals surface area contributed by atoms with Gasteiger partial charge in [0, 0.05) is 18.2 Å². The van der Waals surface area contributed by atoms with Crippen LogP contribution in [-0.4, -0.2) is 38.6 Å². The zero-order chi connectivity index (χ0) is 17.6. The number of rotatable bonds is 3. The first-order valence-electron chi connectivity index (χ1n) is 7.42. The number of hydrogen-bond acceptors (Lipinski definition) is 5. The summed E-state index contributed by atoms with van der Waals surface area (Å²) in [6.45, 7) is 0. The quantitative estimate of drug-likeness (QED) is 0.591. The molecule has 0 spiro atoms. The first kappa shape index (κ1) is 15.3. The Kier molecular flexibility index (Phi) is 3.47. The number of nitrogens with one attached hydrogen (secondary N) is 1. The Balaban J connectivity index is 1.76. The van der Waals surface area contributed by atoms with Gasteiger partial charge in [0.15, 0.2) is 5.82 Å². The molecule has 0 aliphatic heterocycles. The first-order valence-corrected chi connectivity index (χ1v) is 8.23. The van der Waals surface area contributed by atoms with Crippen molar-refractivity contribution in [2.24, 2.45) is 0 Å². The third kappa shape index (κ3) is 2.52. The smallest absolute Gasteiger partial charge is 0.335 e. The number of aromatic nitrogens is 3. The molecule has 25 heavy (non-hydrogen) atoms. The van der Waals surface area contributed by atoms with Gasteiger partial charge in [-0.25, -0.2) is 9.31 Å². The summed E-state index contributed by atoms with van der Waals surface area (Å²) in [5.74, 6) is -0.553. The van der Waals surface area contributed by atoms with Gasteiger partial charge in [-0.15, -0.1) is 5.10 Å². The van der Waals surface area contributed by atoms with Crippen LogP contribution in [0.1, 0.15) is 20.7 Å². The molecule has 2 N–H and O–H groups in total. The molecule has 124 valence electrons. The number of carbonyl (C=O) groups is 2. The SMILES string of the molecule is CNC(=O)c1ccc(-c2nc3sc4cc(C(=O)O)ccc4n3n2)cc1. The van der Waals surface area contributed by atoms with Gasteiger partial charge in [0.05, 0.1) is 15.8 Å². The molecule has 4 aromatic rings. The highest BCUT2D eigenvalue weighted by molar-refractivity contribution is 7.23. The monoisotopic (exact) mass is 352 g/mol. The molecular weight excluding hydrogens is 340 g/mol. The summed E-state index contributed by atoms with van der Waals surface area (Å²) in [7, 11) is 1.59. The number of carboxylic acid groups (broad SMARTS) is 1. The second-order valence-corrected chi connectivity index (χ2v) is 6.39. The van der Waals surface area contributed by atoms with E-state index in [1.165, 1.54) is 11.3 Å². The standard InChI is InChI=1S/C17H12N4O3S/c1-18-15(22)10-4-2-9(3-5-10)14-19-17-21(20-14)12-7-6-11(16(23)24)8-13(12)25-17/h2-8H,1H3,(H,18,22)(H,23,24). The van der Waals surface area contributed by atoms with E-state index in [1.807, 2.05) is 0 Å². The van der Waals surface area contributed by atoms with Gasteiger partial charge in [-0.2, -0.15) is 4.98 Å². The van der Waals surface area contributed by atoms with Crippen LogP contribution in [0.5, 0.6) is 0 Å². The van der Waals surface area contributed by atoms with Crippen LogP contribution < -0.4 is 5.32 Å². The minimum absolute atomic E-state index is 0.148. The number of amides is 1. The number of aromatic carboxylic acids is 1. The van der Waals surface area contributed by atoms with Crippen molar-refractivity contribution in [3.05, 3.63) is 53.6 Å². The van der Waals surface area contributed by atoms with Crippen LogP contribution in [0.4, 0.5) is 0 Å². The Morgan fingerprint density at radius 3 is 2.52 bits per heavy atom. The number of carbonyl (C=O) groups excluding carboxylic acids is 1. The van der Waals surface area contributed by atoms with E-state index in [-0.39, 0.29) is 11.5 Å².